The van der Waals surface area contributed by atoms with Crippen LogP contribution in [0, 0.1) is 5.82 Å². The minimum Gasteiger partial charge on any atom is -0.351 e. The maximum atomic E-state index is 13.4. The van der Waals surface area contributed by atoms with Crippen LogP contribution in [-0.2, 0) is 12.6 Å². The summed E-state index contributed by atoms with van der Waals surface area (Å²) in [6, 6.07) is 1.65. The van der Waals surface area contributed by atoms with E-state index in [0.29, 0.717) is 24.0 Å². The SMILES string of the molecule is O=C(NCCc1ncon1)c1cc(C(F)(F)F)ccc1F. The highest BCUT2D eigenvalue weighted by Gasteiger charge is 2.31. The minimum atomic E-state index is -4.65. The van der Waals surface area contributed by atoms with Gasteiger partial charge in [0.2, 0.25) is 6.39 Å². The van der Waals surface area contributed by atoms with Crippen molar-refractivity contribution in [3.05, 3.63) is 47.4 Å². The number of rotatable bonds is 4. The van der Waals surface area contributed by atoms with Crippen LogP contribution >= 0.6 is 0 Å². The van der Waals surface area contributed by atoms with Gasteiger partial charge in [0.1, 0.15) is 5.82 Å². The Morgan fingerprint density at radius 3 is 2.71 bits per heavy atom. The zero-order chi connectivity index (χ0) is 15.5. The van der Waals surface area contributed by atoms with E-state index in [0.717, 1.165) is 6.39 Å². The molecule has 0 atom stereocenters. The molecule has 112 valence electrons. The average Bonchev–Trinajstić information content (AvgIpc) is 2.91. The molecule has 1 heterocycles. The fraction of sp³-hybridized carbons (Fsp3) is 0.250. The van der Waals surface area contributed by atoms with Crippen LogP contribution in [0.1, 0.15) is 21.7 Å². The molecule has 1 aromatic heterocycles. The second-order valence-corrected chi connectivity index (χ2v) is 4.05. The fourth-order valence-corrected chi connectivity index (χ4v) is 1.56. The zero-order valence-electron chi connectivity index (χ0n) is 10.4. The molecule has 0 aliphatic rings. The van der Waals surface area contributed by atoms with E-state index >= 15 is 0 Å². The van der Waals surface area contributed by atoms with Crippen molar-refractivity contribution in [2.24, 2.45) is 0 Å². The number of nitrogens with zero attached hydrogens (tertiary/aromatic N) is 2. The third kappa shape index (κ3) is 3.77. The lowest BCUT2D eigenvalue weighted by molar-refractivity contribution is -0.137. The molecule has 5 nitrogen and oxygen atoms in total. The van der Waals surface area contributed by atoms with Crippen LogP contribution in [0.15, 0.2) is 29.1 Å². The van der Waals surface area contributed by atoms with Gasteiger partial charge in [-0.15, -0.1) is 0 Å². The van der Waals surface area contributed by atoms with Gasteiger partial charge in [-0.3, -0.25) is 4.79 Å². The fourth-order valence-electron chi connectivity index (χ4n) is 1.56. The number of hydrogen-bond acceptors (Lipinski definition) is 4. The van der Waals surface area contributed by atoms with Gasteiger partial charge in [0, 0.05) is 13.0 Å². The molecule has 0 aliphatic heterocycles. The Morgan fingerprint density at radius 1 is 1.33 bits per heavy atom. The van der Waals surface area contributed by atoms with Gasteiger partial charge < -0.3 is 9.84 Å². The highest BCUT2D eigenvalue weighted by Crippen LogP contribution is 2.30. The van der Waals surface area contributed by atoms with Crippen molar-refractivity contribution in [3.8, 4) is 0 Å². The first kappa shape index (κ1) is 14.9. The van der Waals surface area contributed by atoms with Crippen molar-refractivity contribution in [2.45, 2.75) is 12.6 Å². The first-order valence-electron chi connectivity index (χ1n) is 5.78. The molecule has 0 bridgehead atoms. The van der Waals surface area contributed by atoms with Crippen molar-refractivity contribution >= 4 is 5.91 Å². The van der Waals surface area contributed by atoms with Crippen molar-refractivity contribution in [2.75, 3.05) is 6.54 Å². The van der Waals surface area contributed by atoms with E-state index in [9.17, 15) is 22.4 Å². The van der Waals surface area contributed by atoms with E-state index in [1.165, 1.54) is 0 Å². The molecule has 0 saturated carbocycles. The van der Waals surface area contributed by atoms with Crippen LogP contribution in [0.25, 0.3) is 0 Å². The Balaban J connectivity index is 2.04. The summed E-state index contributed by atoms with van der Waals surface area (Å²) in [5.74, 6) is -1.65. The maximum Gasteiger partial charge on any atom is 0.416 e. The lowest BCUT2D eigenvalue weighted by Crippen LogP contribution is -2.27. The number of nitrogens with one attached hydrogen (secondary N) is 1. The summed E-state index contributed by atoms with van der Waals surface area (Å²) in [6.07, 6.45) is -3.33. The van der Waals surface area contributed by atoms with Crippen LogP contribution < -0.4 is 5.32 Å². The van der Waals surface area contributed by atoms with Gasteiger partial charge in [0.15, 0.2) is 5.82 Å². The summed E-state index contributed by atoms with van der Waals surface area (Å²) >= 11 is 0. The molecule has 1 N–H and O–H groups in total. The molecular weight excluding hydrogens is 294 g/mol. The van der Waals surface area contributed by atoms with Gasteiger partial charge >= 0.3 is 6.18 Å². The van der Waals surface area contributed by atoms with E-state index in [1.807, 2.05) is 0 Å². The van der Waals surface area contributed by atoms with E-state index in [1.54, 1.807) is 0 Å². The summed E-state index contributed by atoms with van der Waals surface area (Å²) in [7, 11) is 0. The summed E-state index contributed by atoms with van der Waals surface area (Å²) < 4.78 is 55.5. The predicted molar refractivity (Wildman–Crippen MR) is 61.7 cm³/mol. The average molecular weight is 303 g/mol. The second kappa shape index (κ2) is 5.90. The number of carbonyl (C=O) groups excluding carboxylic acids is 1. The number of amides is 1. The molecule has 1 aromatic carbocycles. The summed E-state index contributed by atoms with van der Waals surface area (Å²) in [5.41, 5.74) is -1.76. The van der Waals surface area contributed by atoms with Gasteiger partial charge in [-0.2, -0.15) is 18.2 Å². The number of carbonyl (C=O) groups is 1. The van der Waals surface area contributed by atoms with Crippen LogP contribution in [-0.4, -0.2) is 22.6 Å². The molecule has 2 aromatic rings. The topological polar surface area (TPSA) is 68.0 Å². The molecule has 0 aliphatic carbocycles. The van der Waals surface area contributed by atoms with E-state index in [4.69, 9.17) is 0 Å². The molecule has 0 saturated heterocycles. The third-order valence-corrected chi connectivity index (χ3v) is 2.58. The Morgan fingerprint density at radius 2 is 2.10 bits per heavy atom. The Kier molecular flexibility index (Phi) is 4.20. The first-order valence-corrected chi connectivity index (χ1v) is 5.78. The Hall–Kier alpha value is -2.45. The molecule has 1 amide bonds. The van der Waals surface area contributed by atoms with Crippen molar-refractivity contribution in [1.29, 1.82) is 0 Å². The monoisotopic (exact) mass is 303 g/mol. The predicted octanol–water partition coefficient (Wildman–Crippen LogP) is 2.20. The van der Waals surface area contributed by atoms with Gasteiger partial charge in [-0.25, -0.2) is 4.39 Å². The van der Waals surface area contributed by atoms with E-state index in [2.05, 4.69) is 20.0 Å². The van der Waals surface area contributed by atoms with Crippen LogP contribution in [0.2, 0.25) is 0 Å². The standard InChI is InChI=1S/C12H9F4N3O2/c13-9-2-1-7(12(14,15)16)5-8(9)11(20)17-4-3-10-18-6-21-19-10/h1-2,5-6H,3-4H2,(H,17,20). The lowest BCUT2D eigenvalue weighted by Gasteiger charge is -2.10. The number of alkyl halides is 3. The smallest absolute Gasteiger partial charge is 0.351 e. The molecule has 0 spiro atoms. The molecule has 0 fully saturated rings. The van der Waals surface area contributed by atoms with Gasteiger partial charge in [0.25, 0.3) is 5.91 Å². The Bertz CT molecular complexity index is 626. The van der Waals surface area contributed by atoms with Crippen LogP contribution in [0.5, 0.6) is 0 Å². The second-order valence-electron chi connectivity index (χ2n) is 4.05. The molecular formula is C12H9F4N3O2. The van der Waals surface area contributed by atoms with E-state index in [-0.39, 0.29) is 13.0 Å². The lowest BCUT2D eigenvalue weighted by atomic mass is 10.1. The van der Waals surface area contributed by atoms with Gasteiger partial charge in [-0.05, 0) is 18.2 Å². The Labute approximate surface area is 116 Å². The third-order valence-electron chi connectivity index (χ3n) is 2.58. The summed E-state index contributed by atoms with van der Waals surface area (Å²) in [6.45, 7) is 0.0358. The van der Waals surface area contributed by atoms with Crippen LogP contribution in [0.3, 0.4) is 0 Å². The molecule has 0 radical (unpaired) electrons. The zero-order valence-corrected chi connectivity index (χ0v) is 10.4. The highest BCUT2D eigenvalue weighted by molar-refractivity contribution is 5.94. The molecule has 9 heteroatoms. The largest absolute Gasteiger partial charge is 0.416 e. The van der Waals surface area contributed by atoms with Gasteiger partial charge in [0.05, 0.1) is 11.1 Å². The first-order chi connectivity index (χ1) is 9.88. The van der Waals surface area contributed by atoms with E-state index < -0.39 is 29.0 Å². The quantitative estimate of drug-likeness (QED) is 0.879. The van der Waals surface area contributed by atoms with Crippen LogP contribution in [0.4, 0.5) is 17.6 Å². The number of aromatic nitrogens is 2. The summed E-state index contributed by atoms with van der Waals surface area (Å²) in [4.78, 5) is 15.4. The normalized spacial score (nSPS) is 11.4. The van der Waals surface area contributed by atoms with Crippen molar-refractivity contribution in [1.82, 2.24) is 15.5 Å². The minimum absolute atomic E-state index is 0.0358. The number of hydrogen-bond donors (Lipinski definition) is 1. The van der Waals surface area contributed by atoms with Crippen molar-refractivity contribution < 1.29 is 26.9 Å². The summed E-state index contributed by atoms with van der Waals surface area (Å²) in [5, 5.41) is 5.78. The molecule has 21 heavy (non-hydrogen) atoms. The highest BCUT2D eigenvalue weighted by atomic mass is 19.4. The maximum absolute atomic E-state index is 13.4. The number of halogens is 4. The van der Waals surface area contributed by atoms with Gasteiger partial charge in [-0.1, -0.05) is 5.16 Å². The van der Waals surface area contributed by atoms with Crippen molar-refractivity contribution in [3.63, 3.8) is 0 Å². The molecule has 2 rings (SSSR count). The molecule has 0 unspecified atom stereocenters. The number of benzene rings is 1.